The van der Waals surface area contributed by atoms with Crippen molar-refractivity contribution in [1.82, 2.24) is 14.8 Å². The molecule has 3 nitrogen and oxygen atoms in total. The van der Waals surface area contributed by atoms with Crippen molar-refractivity contribution in [2.75, 3.05) is 0 Å². The molecule has 0 unspecified atom stereocenters. The zero-order chi connectivity index (χ0) is 5.11. The van der Waals surface area contributed by atoms with Crippen molar-refractivity contribution < 1.29 is 0 Å². The molecule has 1 rings (SSSR count). The number of hydrogen-bond donors (Lipinski definition) is 0. The zero-order valence-corrected chi connectivity index (χ0v) is 4.77. The van der Waals surface area contributed by atoms with Crippen LogP contribution >= 0.6 is 11.5 Å². The van der Waals surface area contributed by atoms with Crippen molar-refractivity contribution in [3.8, 4) is 0 Å². The molecule has 0 atom stereocenters. The fourth-order valence-electron chi connectivity index (χ4n) is 0.287. The molecule has 0 aromatic carbocycles. The summed E-state index contributed by atoms with van der Waals surface area (Å²) < 4.78 is 3.57. The van der Waals surface area contributed by atoms with Crippen LogP contribution in [0, 0.1) is 0 Å². The van der Waals surface area contributed by atoms with Gasteiger partial charge in [-0.05, 0) is 5.21 Å². The van der Waals surface area contributed by atoms with Gasteiger partial charge in [-0.25, -0.2) is 0 Å². The normalized spacial score (nSPS) is 9.29. The summed E-state index contributed by atoms with van der Waals surface area (Å²) in [6.45, 7) is 2.03. The topological polar surface area (TPSA) is 38.7 Å². The summed E-state index contributed by atoms with van der Waals surface area (Å²) in [4.78, 5) is 0. The van der Waals surface area contributed by atoms with Crippen LogP contribution in [-0.4, -0.2) is 14.8 Å². The number of aromatic nitrogens is 3. The van der Waals surface area contributed by atoms with E-state index in [0.717, 1.165) is 11.4 Å². The maximum atomic E-state index is 3.69. The first kappa shape index (κ1) is 4.64. The highest BCUT2D eigenvalue weighted by atomic mass is 32.1. The molecule has 0 saturated carbocycles. The molecule has 1 aromatic rings. The average molecular weight is 115 g/mol. The van der Waals surface area contributed by atoms with E-state index in [1.807, 2.05) is 6.92 Å². The van der Waals surface area contributed by atoms with Gasteiger partial charge in [0.2, 0.25) is 0 Å². The maximum absolute atomic E-state index is 3.69. The van der Waals surface area contributed by atoms with Crippen molar-refractivity contribution in [2.24, 2.45) is 0 Å². The molecule has 0 spiro atoms. The predicted molar refractivity (Wildman–Crippen MR) is 27.1 cm³/mol. The highest BCUT2D eigenvalue weighted by Crippen LogP contribution is 1.95. The summed E-state index contributed by atoms with van der Waals surface area (Å²) in [7, 11) is 0. The fourth-order valence-corrected chi connectivity index (χ4v) is 0.656. The third-order valence-corrected chi connectivity index (χ3v) is 1.38. The third kappa shape index (κ3) is 0.928. The average Bonchev–Trinajstić information content (AvgIpc) is 2.14. The lowest BCUT2D eigenvalue weighted by Gasteiger charge is -1.72. The minimum atomic E-state index is 0.942. The Morgan fingerprint density at radius 3 is 2.86 bits per heavy atom. The molecule has 1 aromatic heterocycles. The van der Waals surface area contributed by atoms with Crippen molar-refractivity contribution in [3.63, 3.8) is 0 Å². The summed E-state index contributed by atoms with van der Waals surface area (Å²) in [5, 5.41) is 8.10. The molecule has 0 aliphatic carbocycles. The van der Waals surface area contributed by atoms with Gasteiger partial charge in [0.1, 0.15) is 5.01 Å². The van der Waals surface area contributed by atoms with Crippen molar-refractivity contribution in [2.45, 2.75) is 13.3 Å². The summed E-state index contributed by atoms with van der Waals surface area (Å²) in [6, 6.07) is 0. The van der Waals surface area contributed by atoms with E-state index in [4.69, 9.17) is 0 Å². The molecule has 0 aliphatic heterocycles. The second kappa shape index (κ2) is 1.97. The SMILES string of the molecule is CCc1nnns1. The molecule has 0 fully saturated rings. The quantitative estimate of drug-likeness (QED) is 0.534. The maximum Gasteiger partial charge on any atom is 0.137 e. The Morgan fingerprint density at radius 2 is 2.57 bits per heavy atom. The van der Waals surface area contributed by atoms with Gasteiger partial charge < -0.3 is 0 Å². The Hall–Kier alpha value is -0.510. The van der Waals surface area contributed by atoms with Crippen molar-refractivity contribution in [1.29, 1.82) is 0 Å². The first-order chi connectivity index (χ1) is 3.43. The van der Waals surface area contributed by atoms with Gasteiger partial charge in [-0.2, -0.15) is 0 Å². The van der Waals surface area contributed by atoms with E-state index < -0.39 is 0 Å². The van der Waals surface area contributed by atoms with Crippen LogP contribution in [0.25, 0.3) is 0 Å². The Labute approximate surface area is 45.5 Å². The lowest BCUT2D eigenvalue weighted by molar-refractivity contribution is 0.910. The molecule has 38 valence electrons. The van der Waals surface area contributed by atoms with Gasteiger partial charge in [0.15, 0.2) is 0 Å². The molecule has 0 amide bonds. The number of aryl methyl sites for hydroxylation is 1. The smallest absolute Gasteiger partial charge is 0.122 e. The fraction of sp³-hybridized carbons (Fsp3) is 0.667. The van der Waals surface area contributed by atoms with Gasteiger partial charge in [-0.15, -0.1) is 5.10 Å². The second-order valence-electron chi connectivity index (χ2n) is 1.11. The van der Waals surface area contributed by atoms with Crippen LogP contribution in [0.5, 0.6) is 0 Å². The van der Waals surface area contributed by atoms with Gasteiger partial charge in [-0.1, -0.05) is 11.4 Å². The van der Waals surface area contributed by atoms with Gasteiger partial charge in [0, 0.05) is 18.0 Å². The summed E-state index contributed by atoms with van der Waals surface area (Å²) in [5.74, 6) is 0. The number of nitrogens with zero attached hydrogens (tertiary/aromatic N) is 3. The van der Waals surface area contributed by atoms with Gasteiger partial charge in [0.05, 0.1) is 0 Å². The number of rotatable bonds is 1. The standard InChI is InChI=1S/C3H5N3S/c1-2-3-4-5-6-7-3/h2H2,1H3. The van der Waals surface area contributed by atoms with Crippen LogP contribution in [-0.2, 0) is 6.42 Å². The van der Waals surface area contributed by atoms with Gasteiger partial charge in [-0.3, -0.25) is 0 Å². The lowest BCUT2D eigenvalue weighted by Crippen LogP contribution is -1.74. The second-order valence-corrected chi connectivity index (χ2v) is 1.93. The highest BCUT2D eigenvalue weighted by molar-refractivity contribution is 7.05. The molecule has 1 heterocycles. The highest BCUT2D eigenvalue weighted by Gasteiger charge is 1.88. The van der Waals surface area contributed by atoms with Crippen molar-refractivity contribution in [3.05, 3.63) is 5.01 Å². The molecule has 0 radical (unpaired) electrons. The monoisotopic (exact) mass is 115 g/mol. The van der Waals surface area contributed by atoms with E-state index in [-0.39, 0.29) is 0 Å². The summed E-state index contributed by atoms with van der Waals surface area (Å²) >= 11 is 1.35. The Morgan fingerprint density at radius 1 is 1.71 bits per heavy atom. The first-order valence-electron chi connectivity index (χ1n) is 2.07. The molecular formula is C3H5N3S. The molecule has 0 bridgehead atoms. The Bertz CT molecular complexity index is 125. The Balaban J connectivity index is 2.76. The van der Waals surface area contributed by atoms with E-state index in [2.05, 4.69) is 14.8 Å². The van der Waals surface area contributed by atoms with E-state index in [1.165, 1.54) is 11.5 Å². The van der Waals surface area contributed by atoms with E-state index in [1.54, 1.807) is 0 Å². The van der Waals surface area contributed by atoms with Crippen LogP contribution in [0.1, 0.15) is 11.9 Å². The number of hydrogen-bond acceptors (Lipinski definition) is 4. The molecule has 7 heavy (non-hydrogen) atoms. The van der Waals surface area contributed by atoms with Crippen LogP contribution in [0.2, 0.25) is 0 Å². The van der Waals surface area contributed by atoms with Crippen LogP contribution in [0.4, 0.5) is 0 Å². The third-order valence-electron chi connectivity index (χ3n) is 0.641. The molecule has 0 saturated heterocycles. The molecule has 4 heteroatoms. The van der Waals surface area contributed by atoms with Gasteiger partial charge in [0.25, 0.3) is 0 Å². The molecule has 0 N–H and O–H groups in total. The predicted octanol–water partition coefficient (Wildman–Crippen LogP) is 0.495. The van der Waals surface area contributed by atoms with E-state index in [9.17, 15) is 0 Å². The Kier molecular flexibility index (Phi) is 1.31. The summed E-state index contributed by atoms with van der Waals surface area (Å²) in [6.07, 6.45) is 0.942. The summed E-state index contributed by atoms with van der Waals surface area (Å²) in [5.41, 5.74) is 0. The van der Waals surface area contributed by atoms with E-state index >= 15 is 0 Å². The van der Waals surface area contributed by atoms with Gasteiger partial charge >= 0.3 is 0 Å². The zero-order valence-electron chi connectivity index (χ0n) is 3.96. The van der Waals surface area contributed by atoms with Crippen LogP contribution < -0.4 is 0 Å². The van der Waals surface area contributed by atoms with E-state index in [0.29, 0.717) is 0 Å². The largest absolute Gasteiger partial charge is 0.137 e. The molecule has 0 aliphatic rings. The lowest BCUT2D eigenvalue weighted by atomic mass is 10.5. The minimum absolute atomic E-state index is 0.942. The molecular weight excluding hydrogens is 110 g/mol. The van der Waals surface area contributed by atoms with Crippen molar-refractivity contribution >= 4 is 11.5 Å². The minimum Gasteiger partial charge on any atom is -0.122 e. The first-order valence-corrected chi connectivity index (χ1v) is 2.84. The van der Waals surface area contributed by atoms with Crippen LogP contribution in [0.15, 0.2) is 0 Å². The van der Waals surface area contributed by atoms with Crippen LogP contribution in [0.3, 0.4) is 0 Å².